The van der Waals surface area contributed by atoms with Gasteiger partial charge in [0.05, 0.1) is 12.1 Å². The van der Waals surface area contributed by atoms with E-state index in [1.165, 1.54) is 23.5 Å². The van der Waals surface area contributed by atoms with E-state index in [2.05, 4.69) is 10.3 Å². The third-order valence-corrected chi connectivity index (χ3v) is 6.35. The van der Waals surface area contributed by atoms with Gasteiger partial charge in [0.1, 0.15) is 16.5 Å². The number of carbonyl (C=O) groups is 1. The van der Waals surface area contributed by atoms with Crippen molar-refractivity contribution in [2.45, 2.75) is 52.6 Å². The fraction of sp³-hybridized carbons (Fsp3) is 0.360. The Morgan fingerprint density at radius 2 is 1.79 bits per heavy atom. The predicted octanol–water partition coefficient (Wildman–Crippen LogP) is 6.28. The van der Waals surface area contributed by atoms with Gasteiger partial charge < -0.3 is 5.32 Å². The van der Waals surface area contributed by atoms with E-state index in [9.17, 15) is 22.4 Å². The molecule has 1 unspecified atom stereocenters. The van der Waals surface area contributed by atoms with Gasteiger partial charge in [-0.15, -0.1) is 11.3 Å². The van der Waals surface area contributed by atoms with Crippen LogP contribution in [0.1, 0.15) is 53.0 Å². The molecule has 1 atom stereocenters. The van der Waals surface area contributed by atoms with Gasteiger partial charge >= 0.3 is 6.18 Å². The average molecular weight is 494 g/mol. The van der Waals surface area contributed by atoms with E-state index >= 15 is 0 Å². The molecule has 3 aromatic rings. The molecule has 0 aliphatic carbocycles. The number of rotatable bonds is 9. The van der Waals surface area contributed by atoms with E-state index < -0.39 is 17.6 Å². The standard InChI is InChI=1S/C25H27F4N3OS/c1-16(2)17(3)30-24(33)22-15-34-23(31-22)14-32(13-19-8-4-5-10-21(19)26)12-18-7-6-9-20(11-18)25(27,28)29/h4-11,15-17H,12-14H2,1-3H3,(H,30,33). The minimum Gasteiger partial charge on any atom is -0.348 e. The molecule has 1 heterocycles. The topological polar surface area (TPSA) is 45.2 Å². The smallest absolute Gasteiger partial charge is 0.348 e. The lowest BCUT2D eigenvalue weighted by atomic mass is 10.1. The van der Waals surface area contributed by atoms with E-state index in [1.807, 2.05) is 25.7 Å². The monoisotopic (exact) mass is 493 g/mol. The van der Waals surface area contributed by atoms with Gasteiger partial charge in [0.2, 0.25) is 0 Å². The highest BCUT2D eigenvalue weighted by atomic mass is 32.1. The first-order valence-electron chi connectivity index (χ1n) is 10.9. The number of nitrogens with one attached hydrogen (secondary N) is 1. The predicted molar refractivity (Wildman–Crippen MR) is 125 cm³/mol. The van der Waals surface area contributed by atoms with Crippen LogP contribution in [-0.2, 0) is 25.8 Å². The summed E-state index contributed by atoms with van der Waals surface area (Å²) in [5, 5.41) is 5.18. The number of hydrogen-bond acceptors (Lipinski definition) is 4. The lowest BCUT2D eigenvalue weighted by molar-refractivity contribution is -0.137. The number of alkyl halides is 3. The summed E-state index contributed by atoms with van der Waals surface area (Å²) >= 11 is 1.29. The Morgan fingerprint density at radius 3 is 2.47 bits per heavy atom. The van der Waals surface area contributed by atoms with Crippen molar-refractivity contribution in [3.63, 3.8) is 0 Å². The number of benzene rings is 2. The Kier molecular flexibility index (Phi) is 8.43. The van der Waals surface area contributed by atoms with Crippen LogP contribution < -0.4 is 5.32 Å². The van der Waals surface area contributed by atoms with E-state index in [4.69, 9.17) is 0 Å². The van der Waals surface area contributed by atoms with Crippen molar-refractivity contribution in [2.75, 3.05) is 0 Å². The molecule has 4 nitrogen and oxygen atoms in total. The first-order valence-corrected chi connectivity index (χ1v) is 11.8. The minimum atomic E-state index is -4.45. The molecule has 3 rings (SSSR count). The summed E-state index contributed by atoms with van der Waals surface area (Å²) < 4.78 is 53.8. The fourth-order valence-electron chi connectivity index (χ4n) is 3.27. The second kappa shape index (κ2) is 11.1. The van der Waals surface area contributed by atoms with Crippen LogP contribution in [0, 0.1) is 11.7 Å². The van der Waals surface area contributed by atoms with Crippen LogP contribution >= 0.6 is 11.3 Å². The van der Waals surface area contributed by atoms with Gasteiger partial charge in [0.15, 0.2) is 0 Å². The van der Waals surface area contributed by atoms with Crippen molar-refractivity contribution in [3.05, 3.63) is 87.1 Å². The van der Waals surface area contributed by atoms with Crippen LogP contribution in [0.2, 0.25) is 0 Å². The molecule has 182 valence electrons. The molecule has 1 aromatic heterocycles. The lowest BCUT2D eigenvalue weighted by Gasteiger charge is -2.22. The number of nitrogens with zero attached hydrogens (tertiary/aromatic N) is 2. The van der Waals surface area contributed by atoms with Gasteiger partial charge in [0.25, 0.3) is 5.91 Å². The van der Waals surface area contributed by atoms with Crippen LogP contribution in [0.5, 0.6) is 0 Å². The molecule has 0 aliphatic heterocycles. The highest BCUT2D eigenvalue weighted by Gasteiger charge is 2.30. The summed E-state index contributed by atoms with van der Waals surface area (Å²) in [6.07, 6.45) is -4.45. The number of thiazole rings is 1. The third-order valence-electron chi connectivity index (χ3n) is 5.51. The first kappa shape index (κ1) is 25.8. The van der Waals surface area contributed by atoms with Crippen molar-refractivity contribution >= 4 is 17.2 Å². The van der Waals surface area contributed by atoms with E-state index in [-0.39, 0.29) is 43.2 Å². The summed E-state index contributed by atoms with van der Waals surface area (Å²) in [7, 11) is 0. The van der Waals surface area contributed by atoms with Gasteiger partial charge in [-0.3, -0.25) is 9.69 Å². The molecule has 1 N–H and O–H groups in total. The quantitative estimate of drug-likeness (QED) is 0.357. The minimum absolute atomic E-state index is 0.0175. The Balaban J connectivity index is 1.80. The van der Waals surface area contributed by atoms with Crippen LogP contribution in [0.4, 0.5) is 17.6 Å². The molecule has 0 aliphatic rings. The van der Waals surface area contributed by atoms with Gasteiger partial charge in [-0.2, -0.15) is 13.2 Å². The zero-order valence-electron chi connectivity index (χ0n) is 19.2. The Morgan fingerprint density at radius 1 is 1.06 bits per heavy atom. The first-order chi connectivity index (χ1) is 16.0. The Hall–Kier alpha value is -2.78. The molecule has 0 radical (unpaired) electrons. The van der Waals surface area contributed by atoms with Gasteiger partial charge in [-0.25, -0.2) is 9.37 Å². The summed E-state index contributed by atoms with van der Waals surface area (Å²) in [6.45, 7) is 6.51. The zero-order chi connectivity index (χ0) is 24.9. The highest BCUT2D eigenvalue weighted by Crippen LogP contribution is 2.30. The van der Waals surface area contributed by atoms with Crippen LogP contribution in [0.3, 0.4) is 0 Å². The SMILES string of the molecule is CC(C)C(C)NC(=O)c1csc(CN(Cc2cccc(C(F)(F)F)c2)Cc2ccccc2F)n1. The van der Waals surface area contributed by atoms with Gasteiger partial charge in [-0.1, -0.05) is 50.2 Å². The molecule has 0 saturated heterocycles. The summed E-state index contributed by atoms with van der Waals surface area (Å²) in [4.78, 5) is 18.7. The number of amides is 1. The molecule has 0 saturated carbocycles. The summed E-state index contributed by atoms with van der Waals surface area (Å²) in [5.41, 5.74) is 0.432. The van der Waals surface area contributed by atoms with E-state index in [0.29, 0.717) is 16.1 Å². The average Bonchev–Trinajstić information content (AvgIpc) is 3.23. The molecule has 2 aromatic carbocycles. The zero-order valence-corrected chi connectivity index (χ0v) is 20.0. The fourth-order valence-corrected chi connectivity index (χ4v) is 4.08. The third kappa shape index (κ3) is 7.11. The van der Waals surface area contributed by atoms with Crippen molar-refractivity contribution in [3.8, 4) is 0 Å². The maximum absolute atomic E-state index is 14.3. The summed E-state index contributed by atoms with van der Waals surface area (Å²) in [5.74, 6) is -0.397. The number of aromatic nitrogens is 1. The summed E-state index contributed by atoms with van der Waals surface area (Å²) in [6, 6.07) is 11.4. The number of hydrogen-bond donors (Lipinski definition) is 1. The van der Waals surface area contributed by atoms with Crippen LogP contribution in [0.25, 0.3) is 0 Å². The lowest BCUT2D eigenvalue weighted by Crippen LogP contribution is -2.36. The van der Waals surface area contributed by atoms with E-state index in [1.54, 1.807) is 29.6 Å². The van der Waals surface area contributed by atoms with Crippen molar-refractivity contribution in [2.24, 2.45) is 5.92 Å². The van der Waals surface area contributed by atoms with Crippen LogP contribution in [0.15, 0.2) is 53.9 Å². The number of halogens is 4. The maximum Gasteiger partial charge on any atom is 0.416 e. The highest BCUT2D eigenvalue weighted by molar-refractivity contribution is 7.09. The molecule has 0 fully saturated rings. The molecule has 0 bridgehead atoms. The Labute approximate surface area is 200 Å². The second-order valence-corrected chi connectivity index (χ2v) is 9.51. The largest absolute Gasteiger partial charge is 0.416 e. The Bertz CT molecular complexity index is 1110. The van der Waals surface area contributed by atoms with Crippen molar-refractivity contribution < 1.29 is 22.4 Å². The second-order valence-electron chi connectivity index (χ2n) is 8.57. The normalized spacial score (nSPS) is 12.9. The maximum atomic E-state index is 14.3. The van der Waals surface area contributed by atoms with Crippen LogP contribution in [-0.4, -0.2) is 21.8 Å². The molecule has 0 spiro atoms. The molecule has 1 amide bonds. The molecule has 34 heavy (non-hydrogen) atoms. The number of carbonyl (C=O) groups excluding carboxylic acids is 1. The molecular weight excluding hydrogens is 466 g/mol. The van der Waals surface area contributed by atoms with Crippen molar-refractivity contribution in [1.82, 2.24) is 15.2 Å². The van der Waals surface area contributed by atoms with Gasteiger partial charge in [0, 0.05) is 30.1 Å². The van der Waals surface area contributed by atoms with Crippen molar-refractivity contribution in [1.29, 1.82) is 0 Å². The molecule has 9 heteroatoms. The van der Waals surface area contributed by atoms with E-state index in [0.717, 1.165) is 12.1 Å². The van der Waals surface area contributed by atoms with Gasteiger partial charge in [-0.05, 0) is 30.5 Å². The molecular formula is C25H27F4N3OS.